The van der Waals surface area contributed by atoms with E-state index in [4.69, 9.17) is 4.42 Å². The number of aromatic nitrogens is 2. The average molecular weight is 371 g/mol. The monoisotopic (exact) mass is 370 g/mol. The molecule has 0 fully saturated rings. The molecule has 2 rings (SSSR count). The lowest BCUT2D eigenvalue weighted by Gasteiger charge is -2.06. The number of carbonyl (C=O) groups is 1. The molecular weight excluding hydrogens is 356 g/mol. The Morgan fingerprint density at radius 1 is 1.38 bits per heavy atom. The highest BCUT2D eigenvalue weighted by atomic mass is 79.9. The molecular formula is C14H15BrN2O3S. The number of nitrogens with zero attached hydrogens (tertiary/aromatic N) is 2. The van der Waals surface area contributed by atoms with Gasteiger partial charge in [-0.25, -0.2) is 0 Å². The fourth-order valence-electron chi connectivity index (χ4n) is 1.61. The number of ether oxygens (including phenoxy) is 1. The number of rotatable bonds is 6. The minimum Gasteiger partial charge on any atom is -0.469 e. The van der Waals surface area contributed by atoms with Crippen LogP contribution < -0.4 is 0 Å². The fourth-order valence-corrected chi connectivity index (χ4v) is 2.78. The first-order valence-corrected chi connectivity index (χ1v) is 8.29. The SMILES string of the molecule is COC(=O)C(C)CSCc1nnc(-c2ccc(Br)cc2)o1. The Kier molecular flexibility index (Phi) is 5.81. The van der Waals surface area contributed by atoms with Gasteiger partial charge in [-0.15, -0.1) is 10.2 Å². The van der Waals surface area contributed by atoms with Gasteiger partial charge in [-0.1, -0.05) is 22.9 Å². The molecule has 2 aromatic rings. The second-order valence-electron chi connectivity index (χ2n) is 4.45. The van der Waals surface area contributed by atoms with E-state index in [0.717, 1.165) is 10.0 Å². The Bertz CT molecular complexity index is 601. The van der Waals surface area contributed by atoms with Crippen LogP contribution >= 0.6 is 27.7 Å². The van der Waals surface area contributed by atoms with E-state index >= 15 is 0 Å². The lowest BCUT2D eigenvalue weighted by Crippen LogP contribution is -2.14. The smallest absolute Gasteiger partial charge is 0.309 e. The number of benzene rings is 1. The summed E-state index contributed by atoms with van der Waals surface area (Å²) in [4.78, 5) is 11.3. The Morgan fingerprint density at radius 3 is 2.76 bits per heavy atom. The van der Waals surface area contributed by atoms with Crippen molar-refractivity contribution >= 4 is 33.7 Å². The van der Waals surface area contributed by atoms with Crippen LogP contribution in [0.4, 0.5) is 0 Å². The maximum absolute atomic E-state index is 11.3. The maximum Gasteiger partial charge on any atom is 0.309 e. The molecule has 0 aliphatic carbocycles. The van der Waals surface area contributed by atoms with E-state index in [1.165, 1.54) is 7.11 Å². The normalized spacial score (nSPS) is 12.1. The standard InChI is InChI=1S/C14H15BrN2O3S/c1-9(14(18)19-2)7-21-8-12-16-17-13(20-12)10-3-5-11(15)6-4-10/h3-6,9H,7-8H2,1-2H3. The van der Waals surface area contributed by atoms with Gasteiger partial charge < -0.3 is 9.15 Å². The van der Waals surface area contributed by atoms with Crippen molar-refractivity contribution in [3.05, 3.63) is 34.6 Å². The van der Waals surface area contributed by atoms with Crippen molar-refractivity contribution in [2.75, 3.05) is 12.9 Å². The van der Waals surface area contributed by atoms with Crippen LogP contribution in [0.2, 0.25) is 0 Å². The summed E-state index contributed by atoms with van der Waals surface area (Å²) in [5.74, 6) is 1.93. The topological polar surface area (TPSA) is 65.2 Å². The van der Waals surface area contributed by atoms with E-state index in [-0.39, 0.29) is 11.9 Å². The number of hydrogen-bond donors (Lipinski definition) is 0. The van der Waals surface area contributed by atoms with Crippen LogP contribution in [0, 0.1) is 5.92 Å². The summed E-state index contributed by atoms with van der Waals surface area (Å²) in [6, 6.07) is 7.67. The molecule has 0 bridgehead atoms. The molecule has 0 N–H and O–H groups in total. The molecule has 5 nitrogen and oxygen atoms in total. The van der Waals surface area contributed by atoms with Crippen molar-refractivity contribution in [1.29, 1.82) is 0 Å². The van der Waals surface area contributed by atoms with Gasteiger partial charge >= 0.3 is 5.97 Å². The van der Waals surface area contributed by atoms with Crippen LogP contribution in [0.15, 0.2) is 33.2 Å². The van der Waals surface area contributed by atoms with Crippen LogP contribution in [-0.2, 0) is 15.3 Å². The van der Waals surface area contributed by atoms with Crippen molar-refractivity contribution in [3.63, 3.8) is 0 Å². The first-order valence-electron chi connectivity index (χ1n) is 6.34. The molecule has 1 aromatic heterocycles. The quantitative estimate of drug-likeness (QED) is 0.724. The number of thioether (sulfide) groups is 1. The molecule has 0 radical (unpaired) electrons. The van der Waals surface area contributed by atoms with Crippen LogP contribution in [0.1, 0.15) is 12.8 Å². The maximum atomic E-state index is 11.3. The Labute approximate surface area is 135 Å². The molecule has 1 unspecified atom stereocenters. The largest absolute Gasteiger partial charge is 0.469 e. The molecule has 0 saturated heterocycles. The van der Waals surface area contributed by atoms with E-state index < -0.39 is 0 Å². The van der Waals surface area contributed by atoms with Gasteiger partial charge in [0.2, 0.25) is 11.8 Å². The van der Waals surface area contributed by atoms with Gasteiger partial charge in [0.25, 0.3) is 0 Å². The molecule has 7 heteroatoms. The predicted molar refractivity (Wildman–Crippen MR) is 84.8 cm³/mol. The molecule has 1 atom stereocenters. The summed E-state index contributed by atoms with van der Waals surface area (Å²) < 4.78 is 11.3. The molecule has 0 spiro atoms. The summed E-state index contributed by atoms with van der Waals surface area (Å²) in [5.41, 5.74) is 0.880. The van der Waals surface area contributed by atoms with Gasteiger partial charge in [-0.05, 0) is 24.3 Å². The highest BCUT2D eigenvalue weighted by molar-refractivity contribution is 9.10. The zero-order chi connectivity index (χ0) is 15.2. The fraction of sp³-hybridized carbons (Fsp3) is 0.357. The van der Waals surface area contributed by atoms with Crippen LogP contribution in [-0.4, -0.2) is 29.0 Å². The van der Waals surface area contributed by atoms with Crippen LogP contribution in [0.5, 0.6) is 0 Å². The molecule has 0 amide bonds. The van der Waals surface area contributed by atoms with Crippen molar-refractivity contribution in [3.8, 4) is 11.5 Å². The van der Waals surface area contributed by atoms with E-state index in [9.17, 15) is 4.79 Å². The molecule has 0 saturated carbocycles. The molecule has 112 valence electrons. The third-order valence-electron chi connectivity index (χ3n) is 2.75. The first-order chi connectivity index (χ1) is 10.1. The summed E-state index contributed by atoms with van der Waals surface area (Å²) in [6.45, 7) is 1.83. The third kappa shape index (κ3) is 4.57. The van der Waals surface area contributed by atoms with Crippen LogP contribution in [0.25, 0.3) is 11.5 Å². The van der Waals surface area contributed by atoms with Gasteiger partial charge in [-0.3, -0.25) is 4.79 Å². The Balaban J connectivity index is 1.89. The first kappa shape index (κ1) is 16.0. The van der Waals surface area contributed by atoms with Crippen molar-refractivity contribution in [1.82, 2.24) is 10.2 Å². The summed E-state index contributed by atoms with van der Waals surface area (Å²) in [7, 11) is 1.39. The number of methoxy groups -OCH3 is 1. The highest BCUT2D eigenvalue weighted by Gasteiger charge is 2.14. The van der Waals surface area contributed by atoms with Gasteiger partial charge in [0.05, 0.1) is 18.8 Å². The summed E-state index contributed by atoms with van der Waals surface area (Å²) >= 11 is 4.95. The number of hydrogen-bond acceptors (Lipinski definition) is 6. The highest BCUT2D eigenvalue weighted by Crippen LogP contribution is 2.22. The van der Waals surface area contributed by atoms with E-state index in [0.29, 0.717) is 23.3 Å². The Morgan fingerprint density at radius 2 is 2.10 bits per heavy atom. The molecule has 0 aliphatic rings. The Hall–Kier alpha value is -1.34. The predicted octanol–water partition coefficient (Wildman–Crippen LogP) is 3.54. The average Bonchev–Trinajstić information content (AvgIpc) is 2.95. The van der Waals surface area contributed by atoms with Crippen molar-refractivity contribution in [2.24, 2.45) is 5.92 Å². The number of carbonyl (C=O) groups excluding carboxylic acids is 1. The minimum atomic E-state index is -0.205. The minimum absolute atomic E-state index is 0.145. The second kappa shape index (κ2) is 7.61. The molecule has 0 aliphatic heterocycles. The van der Waals surface area contributed by atoms with E-state index in [1.807, 2.05) is 31.2 Å². The van der Waals surface area contributed by atoms with E-state index in [2.05, 4.69) is 30.9 Å². The second-order valence-corrected chi connectivity index (χ2v) is 6.39. The lowest BCUT2D eigenvalue weighted by atomic mass is 10.2. The summed E-state index contributed by atoms with van der Waals surface area (Å²) in [6.07, 6.45) is 0. The zero-order valence-corrected chi connectivity index (χ0v) is 14.1. The number of esters is 1. The van der Waals surface area contributed by atoms with Gasteiger partial charge in [0.15, 0.2) is 0 Å². The van der Waals surface area contributed by atoms with Gasteiger partial charge in [0, 0.05) is 15.8 Å². The molecule has 21 heavy (non-hydrogen) atoms. The molecule has 1 aromatic carbocycles. The number of halogens is 1. The van der Waals surface area contributed by atoms with Crippen molar-refractivity contribution < 1.29 is 13.9 Å². The zero-order valence-electron chi connectivity index (χ0n) is 11.7. The lowest BCUT2D eigenvalue weighted by molar-refractivity contribution is -0.143. The molecule has 1 heterocycles. The van der Waals surface area contributed by atoms with Crippen molar-refractivity contribution in [2.45, 2.75) is 12.7 Å². The third-order valence-corrected chi connectivity index (χ3v) is 4.47. The summed E-state index contributed by atoms with van der Waals surface area (Å²) in [5, 5.41) is 8.04. The van der Waals surface area contributed by atoms with E-state index in [1.54, 1.807) is 11.8 Å². The van der Waals surface area contributed by atoms with Gasteiger partial charge in [-0.2, -0.15) is 11.8 Å². The van der Waals surface area contributed by atoms with Crippen LogP contribution in [0.3, 0.4) is 0 Å². The van der Waals surface area contributed by atoms with Gasteiger partial charge in [0.1, 0.15) is 0 Å².